The Morgan fingerprint density at radius 1 is 1.00 bits per heavy atom. The molecule has 1 rings (SSSR count). The molecule has 0 heterocycles. The van der Waals surface area contributed by atoms with Crippen LogP contribution in [0, 0.1) is 11.3 Å². The summed E-state index contributed by atoms with van der Waals surface area (Å²) in [5.74, 6) is -0.233. The highest BCUT2D eigenvalue weighted by Gasteiger charge is 2.30. The number of unbranched alkanes of at least 4 members (excludes halogenated alkanes) is 2. The molecule has 1 fully saturated rings. The van der Waals surface area contributed by atoms with E-state index in [1.807, 2.05) is 0 Å². The summed E-state index contributed by atoms with van der Waals surface area (Å²) >= 11 is 0. The number of rotatable bonds is 5. The van der Waals surface area contributed by atoms with Crippen molar-refractivity contribution >= 4 is 11.8 Å². The molecule has 2 N–H and O–H groups in total. The minimum Gasteiger partial charge on any atom is -0.348 e. The number of amides is 2. The molecule has 0 radical (unpaired) electrons. The van der Waals surface area contributed by atoms with Crippen LogP contribution in [-0.2, 0) is 9.59 Å². The van der Waals surface area contributed by atoms with Crippen molar-refractivity contribution in [1.82, 2.24) is 10.6 Å². The predicted molar refractivity (Wildman–Crippen MR) is 85.9 cm³/mol. The van der Waals surface area contributed by atoms with E-state index in [-0.39, 0.29) is 6.04 Å². The third-order valence-corrected chi connectivity index (χ3v) is 4.56. The Kier molecular flexibility index (Phi) is 7.20. The molecule has 0 aromatic carbocycles. The lowest BCUT2D eigenvalue weighted by Gasteiger charge is -2.37. The molecule has 0 aromatic rings. The van der Waals surface area contributed by atoms with Gasteiger partial charge in [0, 0.05) is 12.6 Å². The molecule has 1 aliphatic carbocycles. The highest BCUT2D eigenvalue weighted by molar-refractivity contribution is 6.35. The average molecular weight is 296 g/mol. The van der Waals surface area contributed by atoms with Crippen molar-refractivity contribution in [2.24, 2.45) is 11.3 Å². The van der Waals surface area contributed by atoms with Crippen molar-refractivity contribution in [3.05, 3.63) is 0 Å². The molecule has 1 saturated carbocycles. The van der Waals surface area contributed by atoms with Crippen LogP contribution in [0.15, 0.2) is 0 Å². The molecule has 0 atom stereocenters. The molecular formula is C17H32N2O2. The van der Waals surface area contributed by atoms with Gasteiger partial charge in [0.05, 0.1) is 0 Å². The van der Waals surface area contributed by atoms with Crippen LogP contribution in [0.2, 0.25) is 0 Å². The molecule has 0 spiro atoms. The topological polar surface area (TPSA) is 58.2 Å². The molecule has 4 nitrogen and oxygen atoms in total. The standard InChI is InChI=1S/C17H32N2O2/c1-5-6-7-12-18-15(20)16(21)19-14-10-8-13(9-11-14)17(2,3)4/h13-14H,5-12H2,1-4H3,(H,18,20)(H,19,21). The minimum atomic E-state index is -0.482. The van der Waals surface area contributed by atoms with Gasteiger partial charge in [-0.25, -0.2) is 0 Å². The van der Waals surface area contributed by atoms with Crippen LogP contribution in [0.25, 0.3) is 0 Å². The SMILES string of the molecule is CCCCCNC(=O)C(=O)NC1CCC(C(C)(C)C)CC1. The maximum atomic E-state index is 11.8. The van der Waals surface area contributed by atoms with E-state index in [9.17, 15) is 9.59 Å². The normalized spacial score (nSPS) is 22.7. The van der Waals surface area contributed by atoms with Crippen molar-refractivity contribution in [2.45, 2.75) is 78.7 Å². The predicted octanol–water partition coefficient (Wildman–Crippen LogP) is 3.01. The second-order valence-electron chi connectivity index (χ2n) is 7.35. The van der Waals surface area contributed by atoms with Gasteiger partial charge in [0.15, 0.2) is 0 Å². The van der Waals surface area contributed by atoms with E-state index in [1.165, 1.54) is 0 Å². The second kappa shape index (κ2) is 8.40. The van der Waals surface area contributed by atoms with E-state index in [2.05, 4.69) is 38.3 Å². The number of carbonyl (C=O) groups excluding carboxylic acids is 2. The van der Waals surface area contributed by atoms with E-state index < -0.39 is 11.8 Å². The fourth-order valence-electron chi connectivity index (χ4n) is 3.01. The second-order valence-corrected chi connectivity index (χ2v) is 7.35. The molecule has 21 heavy (non-hydrogen) atoms. The van der Waals surface area contributed by atoms with Crippen LogP contribution in [0.1, 0.15) is 72.6 Å². The average Bonchev–Trinajstić information content (AvgIpc) is 2.43. The lowest BCUT2D eigenvalue weighted by Crippen LogP contribution is -2.46. The summed E-state index contributed by atoms with van der Waals surface area (Å²) in [5, 5.41) is 5.57. The van der Waals surface area contributed by atoms with Gasteiger partial charge < -0.3 is 10.6 Å². The van der Waals surface area contributed by atoms with Gasteiger partial charge in [0.2, 0.25) is 0 Å². The number of hydrogen-bond donors (Lipinski definition) is 2. The van der Waals surface area contributed by atoms with Gasteiger partial charge >= 0.3 is 11.8 Å². The summed E-state index contributed by atoms with van der Waals surface area (Å²) in [5.41, 5.74) is 0.339. The summed E-state index contributed by atoms with van der Waals surface area (Å²) in [4.78, 5) is 23.5. The Hall–Kier alpha value is -1.06. The number of nitrogens with one attached hydrogen (secondary N) is 2. The Morgan fingerprint density at radius 2 is 1.62 bits per heavy atom. The van der Waals surface area contributed by atoms with E-state index in [0.717, 1.165) is 44.9 Å². The van der Waals surface area contributed by atoms with Crippen LogP contribution in [0.3, 0.4) is 0 Å². The minimum absolute atomic E-state index is 0.164. The van der Waals surface area contributed by atoms with Crippen molar-refractivity contribution in [1.29, 1.82) is 0 Å². The van der Waals surface area contributed by atoms with Crippen molar-refractivity contribution in [2.75, 3.05) is 6.54 Å². The van der Waals surface area contributed by atoms with Crippen molar-refractivity contribution in [3.63, 3.8) is 0 Å². The van der Waals surface area contributed by atoms with Gasteiger partial charge in [-0.15, -0.1) is 0 Å². The first kappa shape index (κ1) is 18.0. The Balaban J connectivity index is 2.25. The largest absolute Gasteiger partial charge is 0.348 e. The molecule has 0 aliphatic heterocycles. The first-order chi connectivity index (χ1) is 9.84. The Bertz CT molecular complexity index is 339. The highest BCUT2D eigenvalue weighted by Crippen LogP contribution is 2.37. The molecular weight excluding hydrogens is 264 g/mol. The van der Waals surface area contributed by atoms with Gasteiger partial charge in [-0.05, 0) is 43.4 Å². The zero-order valence-electron chi connectivity index (χ0n) is 14.1. The molecule has 0 bridgehead atoms. The summed E-state index contributed by atoms with van der Waals surface area (Å²) in [6.07, 6.45) is 7.36. The van der Waals surface area contributed by atoms with Gasteiger partial charge in [-0.3, -0.25) is 9.59 Å². The van der Waals surface area contributed by atoms with Crippen LogP contribution < -0.4 is 10.6 Å². The molecule has 2 amide bonds. The zero-order chi connectivity index (χ0) is 15.9. The van der Waals surface area contributed by atoms with E-state index in [0.29, 0.717) is 17.9 Å². The van der Waals surface area contributed by atoms with Crippen molar-refractivity contribution in [3.8, 4) is 0 Å². The van der Waals surface area contributed by atoms with E-state index in [4.69, 9.17) is 0 Å². The van der Waals surface area contributed by atoms with Crippen LogP contribution in [-0.4, -0.2) is 24.4 Å². The summed E-state index contributed by atoms with van der Waals surface area (Å²) in [6.45, 7) is 9.54. The smallest absolute Gasteiger partial charge is 0.309 e. The zero-order valence-corrected chi connectivity index (χ0v) is 14.1. The molecule has 0 aromatic heterocycles. The number of hydrogen-bond acceptors (Lipinski definition) is 2. The fraction of sp³-hybridized carbons (Fsp3) is 0.882. The summed E-state index contributed by atoms with van der Waals surface area (Å²) < 4.78 is 0. The third kappa shape index (κ3) is 6.49. The molecule has 1 aliphatic rings. The lowest BCUT2D eigenvalue weighted by atomic mass is 9.71. The Labute approximate surface area is 129 Å². The maximum Gasteiger partial charge on any atom is 0.309 e. The molecule has 4 heteroatoms. The van der Waals surface area contributed by atoms with Crippen LogP contribution >= 0.6 is 0 Å². The van der Waals surface area contributed by atoms with Crippen LogP contribution in [0.4, 0.5) is 0 Å². The molecule has 0 unspecified atom stereocenters. The third-order valence-electron chi connectivity index (χ3n) is 4.56. The van der Waals surface area contributed by atoms with Gasteiger partial charge in [0.25, 0.3) is 0 Å². The van der Waals surface area contributed by atoms with E-state index >= 15 is 0 Å². The van der Waals surface area contributed by atoms with Gasteiger partial charge in [0.1, 0.15) is 0 Å². The van der Waals surface area contributed by atoms with E-state index in [1.54, 1.807) is 0 Å². The highest BCUT2D eigenvalue weighted by atomic mass is 16.2. The monoisotopic (exact) mass is 296 g/mol. The summed E-state index contributed by atoms with van der Waals surface area (Å²) in [7, 11) is 0. The molecule has 0 saturated heterocycles. The molecule has 122 valence electrons. The first-order valence-corrected chi connectivity index (χ1v) is 8.43. The van der Waals surface area contributed by atoms with Crippen LogP contribution in [0.5, 0.6) is 0 Å². The quantitative estimate of drug-likeness (QED) is 0.605. The summed E-state index contributed by atoms with van der Waals surface area (Å²) in [6, 6.07) is 0.164. The number of carbonyl (C=O) groups is 2. The van der Waals surface area contributed by atoms with Gasteiger partial charge in [-0.1, -0.05) is 40.5 Å². The Morgan fingerprint density at radius 3 is 2.14 bits per heavy atom. The maximum absolute atomic E-state index is 11.8. The first-order valence-electron chi connectivity index (χ1n) is 8.43. The van der Waals surface area contributed by atoms with Crippen molar-refractivity contribution < 1.29 is 9.59 Å². The fourth-order valence-corrected chi connectivity index (χ4v) is 3.01. The van der Waals surface area contributed by atoms with Gasteiger partial charge in [-0.2, -0.15) is 0 Å². The lowest BCUT2D eigenvalue weighted by molar-refractivity contribution is -0.139.